The lowest BCUT2D eigenvalue weighted by Crippen LogP contribution is -2.15. The molecule has 144 valence electrons. The average molecular weight is 393 g/mol. The van der Waals surface area contributed by atoms with Gasteiger partial charge in [-0.1, -0.05) is 0 Å². The van der Waals surface area contributed by atoms with Gasteiger partial charge in [0.05, 0.1) is 24.2 Å². The highest BCUT2D eigenvalue weighted by molar-refractivity contribution is 7.92. The van der Waals surface area contributed by atoms with E-state index < -0.39 is 22.0 Å². The second-order valence-electron chi connectivity index (χ2n) is 5.24. The summed E-state index contributed by atoms with van der Waals surface area (Å²) < 4.78 is 41.8. The van der Waals surface area contributed by atoms with Crippen molar-refractivity contribution in [1.29, 1.82) is 0 Å². The number of sulfonamides is 1. The minimum atomic E-state index is -3.82. The van der Waals surface area contributed by atoms with Gasteiger partial charge in [0.15, 0.2) is 6.61 Å². The van der Waals surface area contributed by atoms with Gasteiger partial charge in [0, 0.05) is 5.69 Å². The molecule has 8 nitrogen and oxygen atoms in total. The van der Waals surface area contributed by atoms with E-state index in [4.69, 9.17) is 9.47 Å². The molecule has 27 heavy (non-hydrogen) atoms. The van der Waals surface area contributed by atoms with E-state index in [1.165, 1.54) is 55.6 Å². The summed E-state index contributed by atoms with van der Waals surface area (Å²) in [5, 5.41) is 0. The molecule has 0 heterocycles. The van der Waals surface area contributed by atoms with Gasteiger partial charge in [-0.3, -0.25) is 4.72 Å². The molecule has 0 amide bonds. The number of esters is 2. The van der Waals surface area contributed by atoms with Crippen LogP contribution in [0.25, 0.3) is 0 Å². The van der Waals surface area contributed by atoms with E-state index in [9.17, 15) is 18.0 Å². The van der Waals surface area contributed by atoms with Crippen LogP contribution in [-0.4, -0.2) is 40.7 Å². The van der Waals surface area contributed by atoms with Crippen molar-refractivity contribution in [2.45, 2.75) is 11.8 Å². The van der Waals surface area contributed by atoms with Gasteiger partial charge in [0.1, 0.15) is 5.75 Å². The second-order valence-corrected chi connectivity index (χ2v) is 6.92. The molecule has 2 aromatic carbocycles. The highest BCUT2D eigenvalue weighted by atomic mass is 32.2. The molecule has 0 saturated heterocycles. The van der Waals surface area contributed by atoms with Crippen molar-refractivity contribution in [3.63, 3.8) is 0 Å². The Balaban J connectivity index is 2.03. The van der Waals surface area contributed by atoms with E-state index in [1.54, 1.807) is 6.92 Å². The van der Waals surface area contributed by atoms with Crippen molar-refractivity contribution in [2.75, 3.05) is 25.0 Å². The van der Waals surface area contributed by atoms with Crippen LogP contribution in [0.5, 0.6) is 5.75 Å². The van der Waals surface area contributed by atoms with Gasteiger partial charge in [-0.2, -0.15) is 0 Å². The summed E-state index contributed by atoms with van der Waals surface area (Å²) in [6, 6.07) is 11.4. The Bertz CT molecular complexity index is 890. The van der Waals surface area contributed by atoms with Crippen LogP contribution < -0.4 is 9.46 Å². The van der Waals surface area contributed by atoms with E-state index in [0.29, 0.717) is 17.0 Å². The Morgan fingerprint density at radius 2 is 1.63 bits per heavy atom. The zero-order valence-corrected chi connectivity index (χ0v) is 15.6. The number of hydrogen-bond donors (Lipinski definition) is 1. The molecule has 0 atom stereocenters. The standard InChI is InChI=1S/C18H19NO7S/c1-3-25-17(20)12-26-15-8-10-16(11-9-15)27(22,23)19-14-6-4-13(5-7-14)18(21)24-2/h4-11,19H,3,12H2,1-2H3. The molecule has 0 unspecified atom stereocenters. The monoisotopic (exact) mass is 393 g/mol. The summed E-state index contributed by atoms with van der Waals surface area (Å²) in [4.78, 5) is 22.7. The molecule has 0 aromatic heterocycles. The first-order chi connectivity index (χ1) is 12.9. The number of nitrogens with one attached hydrogen (secondary N) is 1. The molecule has 9 heteroatoms. The largest absolute Gasteiger partial charge is 0.482 e. The molecule has 0 aliphatic rings. The third-order valence-electron chi connectivity index (χ3n) is 3.35. The lowest BCUT2D eigenvalue weighted by atomic mass is 10.2. The van der Waals surface area contributed by atoms with Crippen molar-refractivity contribution in [2.24, 2.45) is 0 Å². The lowest BCUT2D eigenvalue weighted by Gasteiger charge is -2.10. The maximum absolute atomic E-state index is 12.4. The second kappa shape index (κ2) is 9.04. The molecule has 0 saturated carbocycles. The van der Waals surface area contributed by atoms with E-state index >= 15 is 0 Å². The van der Waals surface area contributed by atoms with E-state index in [2.05, 4.69) is 9.46 Å². The number of anilines is 1. The number of hydrogen-bond acceptors (Lipinski definition) is 7. The zero-order chi connectivity index (χ0) is 19.9. The number of carbonyl (C=O) groups excluding carboxylic acids is 2. The summed E-state index contributed by atoms with van der Waals surface area (Å²) in [5.41, 5.74) is 0.605. The molecule has 0 aliphatic heterocycles. The van der Waals surface area contributed by atoms with Crippen LogP contribution in [-0.2, 0) is 24.3 Å². The molecule has 0 radical (unpaired) electrons. The van der Waals surface area contributed by atoms with E-state index in [-0.39, 0.29) is 18.1 Å². The van der Waals surface area contributed by atoms with Crippen LogP contribution >= 0.6 is 0 Å². The highest BCUT2D eigenvalue weighted by Gasteiger charge is 2.15. The van der Waals surface area contributed by atoms with Gasteiger partial charge in [-0.15, -0.1) is 0 Å². The van der Waals surface area contributed by atoms with Gasteiger partial charge in [-0.25, -0.2) is 18.0 Å². The SMILES string of the molecule is CCOC(=O)COc1ccc(S(=O)(=O)Nc2ccc(C(=O)OC)cc2)cc1. The van der Waals surface area contributed by atoms with Crippen molar-refractivity contribution in [3.8, 4) is 5.75 Å². The zero-order valence-electron chi connectivity index (χ0n) is 14.8. The van der Waals surface area contributed by atoms with Crippen molar-refractivity contribution in [3.05, 3.63) is 54.1 Å². The first-order valence-corrected chi connectivity index (χ1v) is 9.43. The maximum atomic E-state index is 12.4. The average Bonchev–Trinajstić information content (AvgIpc) is 2.66. The van der Waals surface area contributed by atoms with Gasteiger partial charge in [-0.05, 0) is 55.5 Å². The predicted molar refractivity (Wildman–Crippen MR) is 97.2 cm³/mol. The summed E-state index contributed by atoms with van der Waals surface area (Å²) >= 11 is 0. The Morgan fingerprint density at radius 3 is 2.19 bits per heavy atom. The molecule has 0 aliphatic carbocycles. The smallest absolute Gasteiger partial charge is 0.344 e. The number of carbonyl (C=O) groups is 2. The molecule has 2 rings (SSSR count). The normalized spacial score (nSPS) is 10.7. The van der Waals surface area contributed by atoms with Gasteiger partial charge in [0.25, 0.3) is 10.0 Å². The maximum Gasteiger partial charge on any atom is 0.344 e. The van der Waals surface area contributed by atoms with Crippen molar-refractivity contribution < 1.29 is 32.2 Å². The van der Waals surface area contributed by atoms with Gasteiger partial charge >= 0.3 is 11.9 Å². The Labute approximate surface area is 157 Å². The molecule has 0 spiro atoms. The minimum absolute atomic E-state index is 0.0167. The topological polar surface area (TPSA) is 108 Å². The number of rotatable bonds is 8. The Morgan fingerprint density at radius 1 is 1.00 bits per heavy atom. The van der Waals surface area contributed by atoms with Crippen LogP contribution in [0.1, 0.15) is 17.3 Å². The minimum Gasteiger partial charge on any atom is -0.482 e. The molecule has 1 N–H and O–H groups in total. The number of ether oxygens (including phenoxy) is 3. The van der Waals surface area contributed by atoms with Gasteiger partial charge in [0.2, 0.25) is 0 Å². The highest BCUT2D eigenvalue weighted by Crippen LogP contribution is 2.20. The first kappa shape index (κ1) is 20.2. The summed E-state index contributed by atoms with van der Waals surface area (Å²) in [6.07, 6.45) is 0. The molecule has 0 fully saturated rings. The van der Waals surface area contributed by atoms with Crippen LogP contribution in [0.3, 0.4) is 0 Å². The van der Waals surface area contributed by atoms with Crippen LogP contribution in [0, 0.1) is 0 Å². The Kier molecular flexibility index (Phi) is 6.78. The lowest BCUT2D eigenvalue weighted by molar-refractivity contribution is -0.145. The van der Waals surface area contributed by atoms with Crippen LogP contribution in [0.15, 0.2) is 53.4 Å². The van der Waals surface area contributed by atoms with E-state index in [0.717, 1.165) is 0 Å². The first-order valence-electron chi connectivity index (χ1n) is 7.95. The third-order valence-corrected chi connectivity index (χ3v) is 4.75. The summed E-state index contributed by atoms with van der Waals surface area (Å²) in [5.74, 6) is -0.682. The van der Waals surface area contributed by atoms with Crippen molar-refractivity contribution in [1.82, 2.24) is 0 Å². The summed E-state index contributed by atoms with van der Waals surface area (Å²) in [6.45, 7) is 1.68. The van der Waals surface area contributed by atoms with Crippen molar-refractivity contribution >= 4 is 27.6 Å². The Hall–Kier alpha value is -3.07. The fraction of sp³-hybridized carbons (Fsp3) is 0.222. The molecule has 0 bridgehead atoms. The predicted octanol–water partition coefficient (Wildman–Crippen LogP) is 2.22. The molecular formula is C18H19NO7S. The van der Waals surface area contributed by atoms with E-state index in [1.807, 2.05) is 0 Å². The summed E-state index contributed by atoms with van der Waals surface area (Å²) in [7, 11) is -2.56. The number of methoxy groups -OCH3 is 1. The number of benzene rings is 2. The van der Waals surface area contributed by atoms with Gasteiger partial charge < -0.3 is 14.2 Å². The molecular weight excluding hydrogens is 374 g/mol. The van der Waals surface area contributed by atoms with Crippen LogP contribution in [0.4, 0.5) is 5.69 Å². The quantitative estimate of drug-likeness (QED) is 0.685. The molecule has 2 aromatic rings. The van der Waals surface area contributed by atoms with Crippen LogP contribution in [0.2, 0.25) is 0 Å². The third kappa shape index (κ3) is 5.71. The fourth-order valence-corrected chi connectivity index (χ4v) is 3.12. The fourth-order valence-electron chi connectivity index (χ4n) is 2.07.